The predicted molar refractivity (Wildman–Crippen MR) is 317 cm³/mol. The smallest absolute Gasteiger partial charge is 0.412 e. The van der Waals surface area contributed by atoms with E-state index in [4.69, 9.17) is 45.8 Å². The van der Waals surface area contributed by atoms with E-state index in [-0.39, 0.29) is 98.2 Å². The molecule has 0 spiro atoms. The van der Waals surface area contributed by atoms with Crippen molar-refractivity contribution in [2.75, 3.05) is 44.6 Å². The number of aliphatic hydroxyl groups is 1. The van der Waals surface area contributed by atoms with Gasteiger partial charge in [0.1, 0.15) is 46.1 Å². The van der Waals surface area contributed by atoms with Crippen molar-refractivity contribution in [3.63, 3.8) is 0 Å². The van der Waals surface area contributed by atoms with Gasteiger partial charge in [-0.3, -0.25) is 34.1 Å². The summed E-state index contributed by atoms with van der Waals surface area (Å²) < 4.78 is 35.5. The number of rotatable bonds is 25. The standard InChI is InChI=1S/C61H85BrClN5O15/c1-11-39(12-2)57(74)80-25-15-13-14-19-42(69)31-43(35(3)4)56(73)67-45(20-17-24-65-58(64)75)47(70)29-40-22-23-41(30-44(40)62)66-59(76)82-51-32-52(71)68(8)46-27-38(28-48(78-9)54(46)63)26-36(5)18-16-21-50(79-10)61(77)33-49(81-53(72)34-61)37(6)55-60(51,7)83-55/h16,18,21-23,27-28,30,35,37,39,43,45,49-51,55,77H,11-15,17,19-20,24-26,29,31-34H2,1-10H3,(H,66,76)(H,67,73)(H3,64,65,75)/b21-16+,36-18+/t37-,43+,45+,49+,50-,51+,55+,60+,61-/m1/s1. The van der Waals surface area contributed by atoms with Crippen LogP contribution in [-0.2, 0) is 65.3 Å². The fourth-order valence-electron chi connectivity index (χ4n) is 10.8. The van der Waals surface area contributed by atoms with E-state index in [9.17, 15) is 43.5 Å². The van der Waals surface area contributed by atoms with Crippen molar-refractivity contribution >= 4 is 86.3 Å². The maximum Gasteiger partial charge on any atom is 0.412 e. The first kappa shape index (κ1) is 67.9. The summed E-state index contributed by atoms with van der Waals surface area (Å²) >= 11 is 10.4. The average Bonchev–Trinajstić information content (AvgIpc) is 2.37. The molecule has 458 valence electrons. The van der Waals surface area contributed by atoms with Gasteiger partial charge in [-0.05, 0) is 107 Å². The molecular weight excluding hydrogens is 1160 g/mol. The first-order chi connectivity index (χ1) is 39.3. The number of ether oxygens (including phenoxy) is 6. The number of primary amides is 1. The monoisotopic (exact) mass is 1240 g/mol. The Bertz CT molecular complexity index is 2720. The number of fused-ring (bicyclic) bond motifs is 5. The SMILES string of the molecule is CCC(CC)C(=O)OCCCCCC(=O)C[C@H](C(=O)N[C@@H](CCCNC(N)=O)C(=O)Cc1ccc(NC(=O)O[C@H]2CC(=O)N(C)c3cc(cc(OC)c3Cl)C/C(C)=C/C=C/[C@@H](OC)[C@]3(O)CC(=O)O[C@@H](C3)[C@@H](C)[C@@H]3O[C@@]23C)cc1Br)C(C)C. The van der Waals surface area contributed by atoms with Gasteiger partial charge in [-0.25, -0.2) is 9.59 Å². The van der Waals surface area contributed by atoms with Crippen molar-refractivity contribution in [2.24, 2.45) is 29.4 Å². The third-order valence-corrected chi connectivity index (χ3v) is 17.2. The van der Waals surface area contributed by atoms with Gasteiger partial charge < -0.3 is 54.8 Å². The lowest BCUT2D eigenvalue weighted by Gasteiger charge is -2.41. The maximum absolute atomic E-state index is 14.4. The topological polar surface area (TPSA) is 281 Å². The Hall–Kier alpha value is -5.87. The number of nitrogens with zero attached hydrogens (tertiary/aromatic N) is 1. The molecular formula is C61H85BrClN5O15. The number of methoxy groups -OCH3 is 2. The number of hydrogen-bond acceptors (Lipinski definition) is 15. The van der Waals surface area contributed by atoms with Crippen LogP contribution in [0.2, 0.25) is 5.02 Å². The predicted octanol–water partition coefficient (Wildman–Crippen LogP) is 9.20. The molecule has 3 aliphatic rings. The number of Topliss-reactive ketones (excluding diaryl/α,β-unsaturated/α-hetero) is 2. The number of hydrogen-bond donors (Lipinski definition) is 5. The Morgan fingerprint density at radius 1 is 1.02 bits per heavy atom. The Labute approximate surface area is 501 Å². The number of halogens is 2. The summed E-state index contributed by atoms with van der Waals surface area (Å²) in [7, 11) is 4.48. The molecule has 0 unspecified atom stereocenters. The third kappa shape index (κ3) is 19.1. The number of urea groups is 1. The van der Waals surface area contributed by atoms with Crippen molar-refractivity contribution in [1.82, 2.24) is 10.6 Å². The molecule has 20 nitrogen and oxygen atoms in total. The van der Waals surface area contributed by atoms with Gasteiger partial charge in [0.05, 0.1) is 50.3 Å². The highest BCUT2D eigenvalue weighted by atomic mass is 79.9. The highest BCUT2D eigenvalue weighted by Gasteiger charge is 2.64. The van der Waals surface area contributed by atoms with Crippen LogP contribution in [0.1, 0.15) is 137 Å². The number of anilines is 2. The molecule has 0 saturated carbocycles. The zero-order valence-corrected chi connectivity index (χ0v) is 51.9. The van der Waals surface area contributed by atoms with Gasteiger partial charge in [-0.1, -0.05) is 92.0 Å². The van der Waals surface area contributed by atoms with Gasteiger partial charge in [0.2, 0.25) is 11.8 Å². The summed E-state index contributed by atoms with van der Waals surface area (Å²) in [5.74, 6) is -3.52. The van der Waals surface area contributed by atoms with Gasteiger partial charge in [0.15, 0.2) is 5.78 Å². The fourth-order valence-corrected chi connectivity index (χ4v) is 11.6. The number of benzene rings is 2. The van der Waals surface area contributed by atoms with Crippen LogP contribution in [0, 0.1) is 23.7 Å². The molecule has 5 amide bonds. The average molecular weight is 1240 g/mol. The maximum atomic E-state index is 14.4. The number of nitrogens with one attached hydrogen (secondary N) is 3. The van der Waals surface area contributed by atoms with E-state index in [0.717, 1.165) is 11.1 Å². The summed E-state index contributed by atoms with van der Waals surface area (Å²) in [5, 5.41) is 20.3. The molecule has 3 aliphatic heterocycles. The Morgan fingerprint density at radius 2 is 1.75 bits per heavy atom. The molecule has 6 N–H and O–H groups in total. The molecule has 9 atom stereocenters. The minimum absolute atomic E-state index is 0.00371. The Morgan fingerprint density at radius 3 is 2.40 bits per heavy atom. The fraction of sp³-hybridized carbons (Fsp3) is 0.607. The Kier molecular flexibility index (Phi) is 25.6. The zero-order valence-electron chi connectivity index (χ0n) is 49.6. The van der Waals surface area contributed by atoms with Crippen molar-refractivity contribution in [3.8, 4) is 5.75 Å². The lowest BCUT2D eigenvalue weighted by Crippen LogP contribution is -2.53. The molecule has 2 fully saturated rings. The van der Waals surface area contributed by atoms with Crippen molar-refractivity contribution in [3.05, 3.63) is 74.8 Å². The normalized spacial score (nSPS) is 24.5. The number of amides is 5. The van der Waals surface area contributed by atoms with Crippen LogP contribution in [0.3, 0.4) is 0 Å². The molecule has 0 aliphatic carbocycles. The quantitative estimate of drug-likeness (QED) is 0.0268. The van der Waals surface area contributed by atoms with Crippen LogP contribution < -0.4 is 31.3 Å². The molecule has 2 saturated heterocycles. The summed E-state index contributed by atoms with van der Waals surface area (Å²) in [5.41, 5.74) is 5.15. The second-order valence-electron chi connectivity index (χ2n) is 22.7. The van der Waals surface area contributed by atoms with E-state index in [1.807, 2.05) is 40.7 Å². The number of allylic oxidation sites excluding steroid dienone is 3. The Balaban J connectivity index is 1.31. The molecule has 22 heteroatoms. The van der Waals surface area contributed by atoms with E-state index in [0.29, 0.717) is 66.4 Å². The summed E-state index contributed by atoms with van der Waals surface area (Å²) in [6.45, 7) is 13.4. The second-order valence-corrected chi connectivity index (χ2v) is 23.9. The number of unbranched alkanes of at least 4 members (excludes halogenated alkanes) is 2. The van der Waals surface area contributed by atoms with Crippen LogP contribution in [0.25, 0.3) is 0 Å². The van der Waals surface area contributed by atoms with Crippen LogP contribution >= 0.6 is 27.5 Å². The summed E-state index contributed by atoms with van der Waals surface area (Å²) in [4.78, 5) is 108. The number of epoxide rings is 1. The molecule has 0 radical (unpaired) electrons. The van der Waals surface area contributed by atoms with Gasteiger partial charge in [-0.15, -0.1) is 0 Å². The van der Waals surface area contributed by atoms with Crippen molar-refractivity contribution in [2.45, 2.75) is 180 Å². The number of carbonyl (C=O) groups is 8. The lowest BCUT2D eigenvalue weighted by molar-refractivity contribution is -0.187. The minimum atomic E-state index is -1.64. The van der Waals surface area contributed by atoms with E-state index in [1.165, 1.54) is 19.1 Å². The largest absolute Gasteiger partial charge is 0.495 e. The van der Waals surface area contributed by atoms with Gasteiger partial charge in [-0.2, -0.15) is 0 Å². The van der Waals surface area contributed by atoms with Crippen LogP contribution in [0.5, 0.6) is 5.75 Å². The second kappa shape index (κ2) is 31.3. The molecule has 2 aromatic rings. The molecule has 0 aromatic heterocycles. The van der Waals surface area contributed by atoms with E-state index >= 15 is 0 Å². The number of esters is 2. The van der Waals surface area contributed by atoms with Gasteiger partial charge >= 0.3 is 24.1 Å². The molecule has 5 rings (SSSR count). The third-order valence-electron chi connectivity index (χ3n) is 16.0. The van der Waals surface area contributed by atoms with Crippen LogP contribution in [0.15, 0.2) is 58.6 Å². The van der Waals surface area contributed by atoms with Crippen molar-refractivity contribution < 1.29 is 71.9 Å². The van der Waals surface area contributed by atoms with Crippen molar-refractivity contribution in [1.29, 1.82) is 0 Å². The first-order valence-electron chi connectivity index (χ1n) is 28.7. The summed E-state index contributed by atoms with van der Waals surface area (Å²) in [6.07, 6.45) is 4.24. The zero-order chi connectivity index (χ0) is 61.3. The van der Waals surface area contributed by atoms with Gasteiger partial charge in [0.25, 0.3) is 0 Å². The van der Waals surface area contributed by atoms with E-state index in [1.54, 1.807) is 63.4 Å². The number of carbonyl (C=O) groups excluding carboxylic acids is 8. The molecule has 2 aromatic carbocycles. The minimum Gasteiger partial charge on any atom is -0.495 e. The lowest BCUT2D eigenvalue weighted by atomic mass is 9.78. The number of nitrogens with two attached hydrogens (primary N) is 1. The van der Waals surface area contributed by atoms with E-state index < -0.39 is 83.4 Å². The van der Waals surface area contributed by atoms with Crippen LogP contribution in [0.4, 0.5) is 21.0 Å². The van der Waals surface area contributed by atoms with Gasteiger partial charge in [0, 0.05) is 68.4 Å². The molecule has 83 heavy (non-hydrogen) atoms. The first-order valence-corrected chi connectivity index (χ1v) is 29.8. The molecule has 4 bridgehead atoms. The number of ketones is 2. The molecule has 3 heterocycles. The van der Waals surface area contributed by atoms with E-state index in [2.05, 4.69) is 31.9 Å². The highest BCUT2D eigenvalue weighted by molar-refractivity contribution is 9.10. The summed E-state index contributed by atoms with van der Waals surface area (Å²) in [6, 6.07) is 6.57. The highest BCUT2D eigenvalue weighted by Crippen LogP contribution is 2.50. The van der Waals surface area contributed by atoms with Crippen LogP contribution in [-0.4, -0.2) is 129 Å².